The molecule has 0 aliphatic heterocycles. The average molecular weight is 910 g/mol. The Morgan fingerprint density at radius 2 is 0.892 bits per heavy atom. The van der Waals surface area contributed by atoms with Crippen molar-refractivity contribution in [1.29, 1.82) is 0 Å². The maximum Gasteiger partial charge on any atom is 0.306 e. The Labute approximate surface area is 398 Å². The van der Waals surface area contributed by atoms with Gasteiger partial charge in [0.15, 0.2) is 12.4 Å². The highest BCUT2D eigenvalue weighted by molar-refractivity contribution is 5.70. The first-order chi connectivity index (χ1) is 31.6. The van der Waals surface area contributed by atoms with Crippen molar-refractivity contribution in [3.63, 3.8) is 0 Å². The predicted octanol–water partition coefficient (Wildman–Crippen LogP) is 13.1. The zero-order valence-electron chi connectivity index (χ0n) is 42.1. The SMILES string of the molecule is CC/C=C\C/C=C\C/C=C\C/C=C\C/C=C\CCCC(=O)OC(COC(=O)CCCCCCCCCCCCC/C=C\C/C=C\CCCCCCC)COC(OCC[N+](C)(C)C)C(=O)[O-]. The van der Waals surface area contributed by atoms with Crippen molar-refractivity contribution in [2.45, 2.75) is 206 Å². The number of hydrogen-bond donors (Lipinski definition) is 0. The number of likely N-dealkylation sites (N-methyl/N-ethyl adjacent to an activating group) is 1. The summed E-state index contributed by atoms with van der Waals surface area (Å²) >= 11 is 0. The fourth-order valence-electron chi connectivity index (χ4n) is 6.66. The fraction of sp³-hybridized carbons (Fsp3) is 0.696. The van der Waals surface area contributed by atoms with Crippen LogP contribution in [-0.4, -0.2) is 82.3 Å². The molecule has 0 saturated carbocycles. The molecule has 0 heterocycles. The number of esters is 2. The molecule has 0 aliphatic carbocycles. The van der Waals surface area contributed by atoms with Crippen LogP contribution in [0.5, 0.6) is 0 Å². The normalized spacial score (nSPS) is 13.6. The molecule has 2 unspecified atom stereocenters. The van der Waals surface area contributed by atoms with Crippen molar-refractivity contribution in [3.8, 4) is 0 Å². The third-order valence-corrected chi connectivity index (χ3v) is 10.6. The Balaban J connectivity index is 4.39. The molecule has 0 spiro atoms. The number of aliphatic carboxylic acids is 1. The molecule has 0 fully saturated rings. The summed E-state index contributed by atoms with van der Waals surface area (Å²) in [5, 5.41) is 11.7. The van der Waals surface area contributed by atoms with Crippen LogP contribution in [0.15, 0.2) is 85.1 Å². The van der Waals surface area contributed by atoms with Crippen molar-refractivity contribution in [1.82, 2.24) is 0 Å². The summed E-state index contributed by atoms with van der Waals surface area (Å²) in [7, 11) is 5.89. The zero-order chi connectivity index (χ0) is 47.7. The quantitative estimate of drug-likeness (QED) is 0.0195. The number of carboxylic acid groups (broad SMARTS) is 1. The van der Waals surface area contributed by atoms with Crippen molar-refractivity contribution < 1.29 is 42.9 Å². The Morgan fingerprint density at radius 3 is 1.35 bits per heavy atom. The van der Waals surface area contributed by atoms with Gasteiger partial charge >= 0.3 is 11.9 Å². The number of nitrogens with zero attached hydrogens (tertiary/aromatic N) is 1. The van der Waals surface area contributed by atoms with Gasteiger partial charge in [-0.25, -0.2) is 0 Å². The van der Waals surface area contributed by atoms with Gasteiger partial charge in [-0.15, -0.1) is 0 Å². The second-order valence-corrected chi connectivity index (χ2v) is 18.1. The topological polar surface area (TPSA) is 111 Å². The standard InChI is InChI=1S/C56H95NO8/c1-6-8-10-12-14-16-18-20-22-24-25-26-27-28-29-31-32-34-36-38-40-42-44-46-53(58)63-50-52(51-64-56(55(60)61)62-49-48-57(3,4)5)65-54(59)47-45-43-41-39-37-35-33-30-23-21-19-17-15-13-11-9-7-2/h9,11,15,17-18,20-21,23-25,33,35,39,41,52,56H,6-8,10,12-14,16,19,22,26-32,34,36-38,40,42-51H2,1-5H3/b11-9-,17-15-,20-18-,23-21-,25-24-,35-33-,41-39-. The molecule has 0 rings (SSSR count). The summed E-state index contributed by atoms with van der Waals surface area (Å²) in [6, 6.07) is 0. The van der Waals surface area contributed by atoms with E-state index in [1.54, 1.807) is 0 Å². The maximum absolute atomic E-state index is 12.8. The number of carboxylic acids is 1. The van der Waals surface area contributed by atoms with Crippen molar-refractivity contribution >= 4 is 17.9 Å². The first kappa shape index (κ1) is 61.5. The molecule has 0 aromatic rings. The molecule has 372 valence electrons. The van der Waals surface area contributed by atoms with Crippen LogP contribution in [0.3, 0.4) is 0 Å². The van der Waals surface area contributed by atoms with Crippen molar-refractivity contribution in [2.75, 3.05) is 47.5 Å². The van der Waals surface area contributed by atoms with Gasteiger partial charge in [-0.1, -0.05) is 182 Å². The molecule has 65 heavy (non-hydrogen) atoms. The van der Waals surface area contributed by atoms with Gasteiger partial charge in [-0.05, 0) is 83.5 Å². The largest absolute Gasteiger partial charge is 0.545 e. The van der Waals surface area contributed by atoms with Crippen LogP contribution in [0.2, 0.25) is 0 Å². The van der Waals surface area contributed by atoms with Crippen LogP contribution in [0.1, 0.15) is 194 Å². The van der Waals surface area contributed by atoms with E-state index in [0.717, 1.165) is 57.8 Å². The molecule has 0 aliphatic rings. The van der Waals surface area contributed by atoms with E-state index < -0.39 is 24.3 Å². The van der Waals surface area contributed by atoms with E-state index in [9.17, 15) is 19.5 Å². The molecule has 0 saturated heterocycles. The van der Waals surface area contributed by atoms with Crippen LogP contribution in [0, 0.1) is 0 Å². The highest BCUT2D eigenvalue weighted by Crippen LogP contribution is 2.14. The number of allylic oxidation sites excluding steroid dienone is 14. The van der Waals surface area contributed by atoms with E-state index in [1.165, 1.54) is 96.3 Å². The molecular formula is C56H95NO8. The second-order valence-electron chi connectivity index (χ2n) is 18.1. The van der Waals surface area contributed by atoms with Gasteiger partial charge in [0, 0.05) is 12.8 Å². The van der Waals surface area contributed by atoms with Crippen molar-refractivity contribution in [3.05, 3.63) is 85.1 Å². The second kappa shape index (κ2) is 47.0. The van der Waals surface area contributed by atoms with Gasteiger partial charge in [0.1, 0.15) is 13.2 Å². The van der Waals surface area contributed by atoms with Crippen LogP contribution >= 0.6 is 0 Å². The lowest BCUT2D eigenvalue weighted by Gasteiger charge is -2.26. The monoisotopic (exact) mass is 910 g/mol. The molecule has 0 bridgehead atoms. The smallest absolute Gasteiger partial charge is 0.306 e. The van der Waals surface area contributed by atoms with Gasteiger partial charge < -0.3 is 33.3 Å². The summed E-state index contributed by atoms with van der Waals surface area (Å²) in [6.07, 6.45) is 57.7. The summed E-state index contributed by atoms with van der Waals surface area (Å²) in [5.41, 5.74) is 0. The molecule has 0 N–H and O–H groups in total. The van der Waals surface area contributed by atoms with Crippen LogP contribution < -0.4 is 5.11 Å². The first-order valence-corrected chi connectivity index (χ1v) is 25.7. The van der Waals surface area contributed by atoms with Crippen molar-refractivity contribution in [2.24, 2.45) is 0 Å². The third-order valence-electron chi connectivity index (χ3n) is 10.6. The number of quaternary nitrogens is 1. The number of ether oxygens (including phenoxy) is 4. The number of carbonyl (C=O) groups is 3. The molecular weight excluding hydrogens is 815 g/mol. The zero-order valence-corrected chi connectivity index (χ0v) is 42.1. The molecule has 2 atom stereocenters. The Morgan fingerprint density at radius 1 is 0.477 bits per heavy atom. The van der Waals surface area contributed by atoms with Gasteiger partial charge in [-0.2, -0.15) is 0 Å². The predicted molar refractivity (Wildman–Crippen MR) is 269 cm³/mol. The van der Waals surface area contributed by atoms with E-state index in [-0.39, 0.29) is 38.6 Å². The number of unbranched alkanes of at least 4 members (excludes halogenated alkanes) is 17. The van der Waals surface area contributed by atoms with Gasteiger partial charge in [0.2, 0.25) is 0 Å². The maximum atomic E-state index is 12.8. The molecule has 0 aromatic heterocycles. The minimum atomic E-state index is -1.64. The fourth-order valence-corrected chi connectivity index (χ4v) is 6.66. The highest BCUT2D eigenvalue weighted by Gasteiger charge is 2.21. The molecule has 9 nitrogen and oxygen atoms in total. The van der Waals surface area contributed by atoms with Crippen LogP contribution in [0.4, 0.5) is 0 Å². The summed E-state index contributed by atoms with van der Waals surface area (Å²) < 4.78 is 22.5. The first-order valence-electron chi connectivity index (χ1n) is 25.7. The lowest BCUT2D eigenvalue weighted by atomic mass is 10.0. The van der Waals surface area contributed by atoms with Gasteiger partial charge in [0.05, 0.1) is 40.3 Å². The highest BCUT2D eigenvalue weighted by atomic mass is 16.7. The molecule has 0 amide bonds. The lowest BCUT2D eigenvalue weighted by Crippen LogP contribution is -2.44. The van der Waals surface area contributed by atoms with Crippen LogP contribution in [0.25, 0.3) is 0 Å². The summed E-state index contributed by atoms with van der Waals surface area (Å²) in [4.78, 5) is 37.1. The van der Waals surface area contributed by atoms with E-state index >= 15 is 0 Å². The Hall–Kier alpha value is -3.53. The van der Waals surface area contributed by atoms with Gasteiger partial charge in [0.25, 0.3) is 0 Å². The van der Waals surface area contributed by atoms with E-state index in [2.05, 4.69) is 92.8 Å². The number of hydrogen-bond acceptors (Lipinski definition) is 8. The van der Waals surface area contributed by atoms with E-state index in [4.69, 9.17) is 18.9 Å². The number of rotatable bonds is 46. The lowest BCUT2D eigenvalue weighted by molar-refractivity contribution is -0.870. The van der Waals surface area contributed by atoms with E-state index in [0.29, 0.717) is 23.9 Å². The molecule has 9 heteroatoms. The number of carbonyl (C=O) groups excluding carboxylic acids is 3. The van der Waals surface area contributed by atoms with Crippen LogP contribution in [-0.2, 0) is 33.3 Å². The minimum Gasteiger partial charge on any atom is -0.545 e. The average Bonchev–Trinajstić information content (AvgIpc) is 3.27. The van der Waals surface area contributed by atoms with E-state index in [1.807, 2.05) is 27.2 Å². The molecule has 0 radical (unpaired) electrons. The van der Waals surface area contributed by atoms with Gasteiger partial charge in [-0.3, -0.25) is 9.59 Å². The molecule has 0 aromatic carbocycles. The Bertz CT molecular complexity index is 1340. The summed E-state index contributed by atoms with van der Waals surface area (Å²) in [6.45, 7) is 4.54. The minimum absolute atomic E-state index is 0.133. The Kier molecular flexibility index (Phi) is 44.4. The summed E-state index contributed by atoms with van der Waals surface area (Å²) in [5.74, 6) is -2.37. The third kappa shape index (κ3) is 48.2.